The molecular formula is C28H32O9S. The van der Waals surface area contributed by atoms with Crippen molar-refractivity contribution < 1.29 is 42.3 Å². The summed E-state index contributed by atoms with van der Waals surface area (Å²) >= 11 is 0. The second-order valence-corrected chi connectivity index (χ2v) is 13.0. The Labute approximate surface area is 221 Å². The van der Waals surface area contributed by atoms with Crippen molar-refractivity contribution in [2.24, 2.45) is 28.6 Å². The summed E-state index contributed by atoms with van der Waals surface area (Å²) in [6.07, 6.45) is 6.71. The van der Waals surface area contributed by atoms with E-state index >= 15 is 0 Å². The summed E-state index contributed by atoms with van der Waals surface area (Å²) in [6.45, 7) is 3.16. The van der Waals surface area contributed by atoms with Crippen LogP contribution < -0.4 is 0 Å². The van der Waals surface area contributed by atoms with E-state index in [0.717, 1.165) is 24.1 Å². The molecule has 10 heteroatoms. The van der Waals surface area contributed by atoms with Crippen LogP contribution in [-0.4, -0.2) is 59.0 Å². The highest BCUT2D eigenvalue weighted by molar-refractivity contribution is 7.85. The summed E-state index contributed by atoms with van der Waals surface area (Å²) in [4.78, 5) is 37.4. The monoisotopic (exact) mass is 544 g/mol. The van der Waals surface area contributed by atoms with Crippen molar-refractivity contribution in [3.05, 3.63) is 53.6 Å². The van der Waals surface area contributed by atoms with Gasteiger partial charge in [-0.1, -0.05) is 31.6 Å². The number of aliphatic hydroxyl groups is 2. The second-order valence-electron chi connectivity index (χ2n) is 11.6. The minimum atomic E-state index is -4.53. The minimum absolute atomic E-state index is 0.0382. The van der Waals surface area contributed by atoms with Crippen LogP contribution in [0.5, 0.6) is 0 Å². The van der Waals surface area contributed by atoms with E-state index in [0.29, 0.717) is 12.8 Å². The number of benzene rings is 1. The number of ether oxygens (including phenoxy) is 1. The molecule has 204 valence electrons. The van der Waals surface area contributed by atoms with E-state index in [9.17, 15) is 37.6 Å². The van der Waals surface area contributed by atoms with Crippen LogP contribution in [0, 0.1) is 28.6 Å². The first kappa shape index (κ1) is 26.9. The Bertz CT molecular complexity index is 1380. The molecule has 0 aromatic heterocycles. The van der Waals surface area contributed by atoms with Crippen LogP contribution in [0.2, 0.25) is 0 Å². The van der Waals surface area contributed by atoms with Crippen LogP contribution in [0.4, 0.5) is 0 Å². The van der Waals surface area contributed by atoms with Gasteiger partial charge in [0.25, 0.3) is 10.1 Å². The molecule has 7 unspecified atom stereocenters. The molecule has 3 N–H and O–H groups in total. The Morgan fingerprint density at radius 3 is 2.63 bits per heavy atom. The topological polar surface area (TPSA) is 155 Å². The van der Waals surface area contributed by atoms with Gasteiger partial charge in [-0.2, -0.15) is 8.42 Å². The maximum absolute atomic E-state index is 13.4. The Morgan fingerprint density at radius 2 is 1.92 bits per heavy atom. The van der Waals surface area contributed by atoms with Gasteiger partial charge in [-0.25, -0.2) is 4.79 Å². The fraction of sp³-hybridized carbons (Fsp3) is 0.536. The number of allylic oxidation sites excluding steroid dienone is 4. The van der Waals surface area contributed by atoms with Crippen LogP contribution in [0.25, 0.3) is 0 Å². The molecule has 7 atom stereocenters. The first-order valence-corrected chi connectivity index (χ1v) is 14.3. The molecule has 38 heavy (non-hydrogen) atoms. The van der Waals surface area contributed by atoms with Gasteiger partial charge in [-0.15, -0.1) is 0 Å². The molecule has 0 aliphatic heterocycles. The number of rotatable bonds is 5. The zero-order valence-electron chi connectivity index (χ0n) is 21.3. The third kappa shape index (κ3) is 4.00. The molecule has 5 rings (SSSR count). The van der Waals surface area contributed by atoms with Gasteiger partial charge in [-0.05, 0) is 74.3 Å². The van der Waals surface area contributed by atoms with Gasteiger partial charge in [0.1, 0.15) is 5.60 Å². The van der Waals surface area contributed by atoms with Crippen molar-refractivity contribution in [3.63, 3.8) is 0 Å². The molecule has 0 amide bonds. The summed E-state index contributed by atoms with van der Waals surface area (Å²) in [6, 6.07) is 4.62. The van der Waals surface area contributed by atoms with Crippen molar-refractivity contribution in [2.45, 2.75) is 62.6 Å². The predicted molar refractivity (Wildman–Crippen MR) is 135 cm³/mol. The van der Waals surface area contributed by atoms with Crippen LogP contribution in [0.15, 0.2) is 53.0 Å². The van der Waals surface area contributed by atoms with Crippen LogP contribution in [0.3, 0.4) is 0 Å². The van der Waals surface area contributed by atoms with E-state index in [2.05, 4.69) is 0 Å². The molecular weight excluding hydrogens is 512 g/mol. The Hall–Kier alpha value is -2.66. The standard InChI is InChI=1S/C28H32O9S/c1-26-10-8-18(29)13-17(26)6-7-20-21-9-11-28(33,27(21,2)14-22(30)24(20)26)23(31)15-37-25(32)16-4-3-5-19(12-16)38(34,35)36/h3-5,8,10,12-13,20-22,24,30,33H,6-7,9,11,14-15H2,1-2H3,(H,34,35,36). The van der Waals surface area contributed by atoms with Gasteiger partial charge in [0.15, 0.2) is 12.4 Å². The Kier molecular flexibility index (Phi) is 6.34. The number of esters is 1. The van der Waals surface area contributed by atoms with Gasteiger partial charge in [0, 0.05) is 16.7 Å². The first-order valence-electron chi connectivity index (χ1n) is 12.8. The molecule has 0 heterocycles. The third-order valence-corrected chi connectivity index (χ3v) is 10.7. The molecule has 3 saturated carbocycles. The van der Waals surface area contributed by atoms with E-state index in [1.54, 1.807) is 12.2 Å². The lowest BCUT2D eigenvalue weighted by molar-refractivity contribution is -0.178. The summed E-state index contributed by atoms with van der Waals surface area (Å²) in [5.74, 6) is -1.83. The number of hydrogen-bond acceptors (Lipinski definition) is 8. The molecule has 1 aromatic rings. The molecule has 0 saturated heterocycles. The Balaban J connectivity index is 1.34. The van der Waals surface area contributed by atoms with E-state index in [1.165, 1.54) is 12.1 Å². The third-order valence-electron chi connectivity index (χ3n) is 9.81. The number of carbonyl (C=O) groups excluding carboxylic acids is 3. The molecule has 4 aliphatic carbocycles. The van der Waals surface area contributed by atoms with Gasteiger partial charge in [0.2, 0.25) is 5.78 Å². The number of fused-ring (bicyclic) bond motifs is 5. The SMILES string of the molecule is CC12C=CC(=O)C=C1CCC1C2C(O)CC2(C)C1CCC2(O)C(=O)COC(=O)c1cccc(S(=O)(=O)O)c1. The van der Waals surface area contributed by atoms with Crippen molar-refractivity contribution >= 4 is 27.7 Å². The van der Waals surface area contributed by atoms with Crippen molar-refractivity contribution in [1.29, 1.82) is 0 Å². The molecule has 4 aliphatic rings. The van der Waals surface area contributed by atoms with Crippen LogP contribution >= 0.6 is 0 Å². The zero-order valence-corrected chi connectivity index (χ0v) is 22.1. The number of hydrogen-bond donors (Lipinski definition) is 3. The summed E-state index contributed by atoms with van der Waals surface area (Å²) < 4.78 is 37.1. The van der Waals surface area contributed by atoms with Crippen LogP contribution in [-0.2, 0) is 24.4 Å². The average Bonchev–Trinajstić information content (AvgIpc) is 3.13. The molecule has 3 fully saturated rings. The largest absolute Gasteiger partial charge is 0.454 e. The van der Waals surface area contributed by atoms with E-state index < -0.39 is 55.9 Å². The van der Waals surface area contributed by atoms with Crippen molar-refractivity contribution in [1.82, 2.24) is 0 Å². The normalized spacial score (nSPS) is 38.0. The highest BCUT2D eigenvalue weighted by atomic mass is 32.2. The van der Waals surface area contributed by atoms with Gasteiger partial charge in [-0.3, -0.25) is 14.1 Å². The molecule has 0 bridgehead atoms. The van der Waals surface area contributed by atoms with E-state index in [-0.39, 0.29) is 41.9 Å². The first-order chi connectivity index (χ1) is 17.7. The summed E-state index contributed by atoms with van der Waals surface area (Å²) in [5, 5.41) is 23.2. The van der Waals surface area contributed by atoms with Crippen molar-refractivity contribution in [2.75, 3.05) is 6.61 Å². The lowest BCUT2D eigenvalue weighted by atomic mass is 9.46. The molecule has 9 nitrogen and oxygen atoms in total. The number of Topliss-reactive ketones (excluding diaryl/α,β-unsaturated/α-hetero) is 1. The lowest BCUT2D eigenvalue weighted by Gasteiger charge is -2.59. The van der Waals surface area contributed by atoms with Gasteiger partial charge < -0.3 is 14.9 Å². The molecule has 1 aromatic carbocycles. The zero-order chi connectivity index (χ0) is 27.7. The highest BCUT2D eigenvalue weighted by Crippen LogP contribution is 2.67. The summed E-state index contributed by atoms with van der Waals surface area (Å²) in [7, 11) is -4.53. The van der Waals surface area contributed by atoms with Gasteiger partial charge in [0.05, 0.1) is 16.6 Å². The minimum Gasteiger partial charge on any atom is -0.454 e. The molecule has 0 spiro atoms. The van der Waals surface area contributed by atoms with E-state index in [1.807, 2.05) is 19.9 Å². The van der Waals surface area contributed by atoms with Gasteiger partial charge >= 0.3 is 5.97 Å². The number of ketones is 2. The highest BCUT2D eigenvalue weighted by Gasteiger charge is 2.68. The second kappa shape index (κ2) is 8.94. The van der Waals surface area contributed by atoms with Crippen molar-refractivity contribution in [3.8, 4) is 0 Å². The lowest BCUT2D eigenvalue weighted by Crippen LogP contribution is -2.61. The number of aliphatic hydroxyl groups excluding tert-OH is 1. The van der Waals surface area contributed by atoms with Crippen LogP contribution in [0.1, 0.15) is 56.3 Å². The molecule has 0 radical (unpaired) electrons. The quantitative estimate of drug-likeness (QED) is 0.375. The Morgan fingerprint density at radius 1 is 1.18 bits per heavy atom. The maximum atomic E-state index is 13.4. The smallest absolute Gasteiger partial charge is 0.338 e. The average molecular weight is 545 g/mol. The van der Waals surface area contributed by atoms with E-state index in [4.69, 9.17) is 4.74 Å². The fourth-order valence-electron chi connectivity index (χ4n) is 7.91. The maximum Gasteiger partial charge on any atom is 0.338 e. The summed E-state index contributed by atoms with van der Waals surface area (Å²) in [5.41, 5.74) is -2.36. The fourth-order valence-corrected chi connectivity index (χ4v) is 8.43. The predicted octanol–water partition coefficient (Wildman–Crippen LogP) is 2.67. The number of carbonyl (C=O) groups is 3.